The zero-order chi connectivity index (χ0) is 13.5. The largest absolute Gasteiger partial charge is 0.383 e. The lowest BCUT2D eigenvalue weighted by Crippen LogP contribution is -2.48. The van der Waals surface area contributed by atoms with Crippen LogP contribution in [0.1, 0.15) is 19.8 Å². The first-order chi connectivity index (χ1) is 8.56. The minimum absolute atomic E-state index is 0.00141. The minimum atomic E-state index is -0.00141. The summed E-state index contributed by atoms with van der Waals surface area (Å²) in [4.78, 5) is 16.1. The third kappa shape index (κ3) is 4.46. The summed E-state index contributed by atoms with van der Waals surface area (Å²) < 4.78 is 4.92. The molecule has 18 heavy (non-hydrogen) atoms. The molecule has 5 heteroatoms. The molecule has 0 aromatic heterocycles. The van der Waals surface area contributed by atoms with Crippen LogP contribution in [0.3, 0.4) is 0 Å². The molecule has 1 aliphatic heterocycles. The highest BCUT2D eigenvalue weighted by molar-refractivity contribution is 5.74. The SMILES string of the molecule is COCCNC(=O)N(C)C(C)C1CCN(C)CC1. The Bertz CT molecular complexity index is 253. The van der Waals surface area contributed by atoms with Crippen LogP contribution in [0, 0.1) is 5.92 Å². The maximum atomic E-state index is 11.9. The van der Waals surface area contributed by atoms with Gasteiger partial charge in [-0.25, -0.2) is 4.79 Å². The predicted octanol–water partition coefficient (Wildman–Crippen LogP) is 1.00. The van der Waals surface area contributed by atoms with Gasteiger partial charge in [-0.3, -0.25) is 0 Å². The second kappa shape index (κ2) is 7.59. The van der Waals surface area contributed by atoms with Crippen molar-refractivity contribution in [1.29, 1.82) is 0 Å². The molecular formula is C13H27N3O2. The smallest absolute Gasteiger partial charge is 0.317 e. The molecule has 1 unspecified atom stereocenters. The molecule has 106 valence electrons. The molecule has 0 radical (unpaired) electrons. The Kier molecular flexibility index (Phi) is 6.43. The fourth-order valence-corrected chi connectivity index (χ4v) is 2.40. The van der Waals surface area contributed by atoms with Crippen LogP contribution in [0.5, 0.6) is 0 Å². The lowest BCUT2D eigenvalue weighted by Gasteiger charge is -2.37. The monoisotopic (exact) mass is 257 g/mol. The van der Waals surface area contributed by atoms with Gasteiger partial charge in [0.2, 0.25) is 0 Å². The van der Waals surface area contributed by atoms with Gasteiger partial charge < -0.3 is 19.9 Å². The van der Waals surface area contributed by atoms with Crippen molar-refractivity contribution in [1.82, 2.24) is 15.1 Å². The Morgan fingerprint density at radius 2 is 2.11 bits per heavy atom. The molecule has 0 bridgehead atoms. The van der Waals surface area contributed by atoms with Gasteiger partial charge >= 0.3 is 6.03 Å². The number of hydrogen-bond acceptors (Lipinski definition) is 3. The zero-order valence-electron chi connectivity index (χ0n) is 12.1. The number of methoxy groups -OCH3 is 1. The molecule has 0 aromatic carbocycles. The Balaban J connectivity index is 2.35. The predicted molar refractivity (Wildman–Crippen MR) is 72.7 cm³/mol. The molecule has 2 amide bonds. The van der Waals surface area contributed by atoms with Gasteiger partial charge in [0.15, 0.2) is 0 Å². The quantitative estimate of drug-likeness (QED) is 0.748. The maximum absolute atomic E-state index is 11.9. The highest BCUT2D eigenvalue weighted by Crippen LogP contribution is 2.22. The summed E-state index contributed by atoms with van der Waals surface area (Å²) in [7, 11) is 5.67. The molecule has 1 aliphatic rings. The summed E-state index contributed by atoms with van der Waals surface area (Å²) in [6, 6.07) is 0.291. The van der Waals surface area contributed by atoms with Crippen molar-refractivity contribution in [2.75, 3.05) is 47.4 Å². The molecule has 1 atom stereocenters. The fraction of sp³-hybridized carbons (Fsp3) is 0.923. The number of carbonyl (C=O) groups is 1. The van der Waals surface area contributed by atoms with Gasteiger partial charge in [0, 0.05) is 26.7 Å². The van der Waals surface area contributed by atoms with Crippen molar-refractivity contribution in [2.24, 2.45) is 5.92 Å². The lowest BCUT2D eigenvalue weighted by molar-refractivity contribution is 0.130. The molecule has 1 rings (SSSR count). The van der Waals surface area contributed by atoms with Gasteiger partial charge in [0.1, 0.15) is 0 Å². The van der Waals surface area contributed by atoms with E-state index in [0.29, 0.717) is 25.1 Å². The van der Waals surface area contributed by atoms with E-state index in [-0.39, 0.29) is 6.03 Å². The molecule has 0 spiro atoms. The number of ether oxygens (including phenoxy) is 1. The van der Waals surface area contributed by atoms with Crippen LogP contribution in [0.4, 0.5) is 4.79 Å². The van der Waals surface area contributed by atoms with E-state index >= 15 is 0 Å². The number of urea groups is 1. The Morgan fingerprint density at radius 3 is 2.67 bits per heavy atom. The van der Waals surface area contributed by atoms with Crippen LogP contribution in [-0.2, 0) is 4.74 Å². The number of carbonyl (C=O) groups excluding carboxylic acids is 1. The summed E-state index contributed by atoms with van der Waals surface area (Å²) >= 11 is 0. The number of nitrogens with zero attached hydrogens (tertiary/aromatic N) is 2. The lowest BCUT2D eigenvalue weighted by atomic mass is 9.90. The van der Waals surface area contributed by atoms with E-state index < -0.39 is 0 Å². The Morgan fingerprint density at radius 1 is 1.50 bits per heavy atom. The van der Waals surface area contributed by atoms with E-state index in [1.165, 1.54) is 12.8 Å². The highest BCUT2D eigenvalue weighted by atomic mass is 16.5. The van der Waals surface area contributed by atoms with Crippen molar-refractivity contribution in [2.45, 2.75) is 25.8 Å². The molecule has 0 saturated carbocycles. The normalized spacial score (nSPS) is 19.6. The van der Waals surface area contributed by atoms with E-state index in [1.54, 1.807) is 7.11 Å². The third-order valence-electron chi connectivity index (χ3n) is 3.96. The number of piperidine rings is 1. The van der Waals surface area contributed by atoms with Crippen LogP contribution in [0.2, 0.25) is 0 Å². The average Bonchev–Trinajstić information content (AvgIpc) is 2.38. The van der Waals surface area contributed by atoms with E-state index in [9.17, 15) is 4.79 Å². The summed E-state index contributed by atoms with van der Waals surface area (Å²) in [5.74, 6) is 0.611. The van der Waals surface area contributed by atoms with E-state index in [4.69, 9.17) is 4.74 Å². The fourth-order valence-electron chi connectivity index (χ4n) is 2.40. The molecule has 1 N–H and O–H groups in total. The molecule has 0 aromatic rings. The van der Waals surface area contributed by atoms with Crippen LogP contribution in [0.15, 0.2) is 0 Å². The molecule has 1 saturated heterocycles. The van der Waals surface area contributed by atoms with Crippen molar-refractivity contribution in [3.63, 3.8) is 0 Å². The maximum Gasteiger partial charge on any atom is 0.317 e. The van der Waals surface area contributed by atoms with Gasteiger partial charge in [-0.2, -0.15) is 0 Å². The van der Waals surface area contributed by atoms with Crippen molar-refractivity contribution >= 4 is 6.03 Å². The van der Waals surface area contributed by atoms with Gasteiger partial charge in [0.05, 0.1) is 6.61 Å². The summed E-state index contributed by atoms with van der Waals surface area (Å²) in [5.41, 5.74) is 0. The first-order valence-electron chi connectivity index (χ1n) is 6.74. The molecule has 5 nitrogen and oxygen atoms in total. The van der Waals surface area contributed by atoms with Gasteiger partial charge in [-0.05, 0) is 45.8 Å². The zero-order valence-corrected chi connectivity index (χ0v) is 12.1. The molecule has 0 aliphatic carbocycles. The number of amides is 2. The molecule has 1 fully saturated rings. The van der Waals surface area contributed by atoms with Crippen LogP contribution >= 0.6 is 0 Å². The number of nitrogens with one attached hydrogen (secondary N) is 1. The van der Waals surface area contributed by atoms with Crippen molar-refractivity contribution in [3.8, 4) is 0 Å². The number of rotatable bonds is 5. The minimum Gasteiger partial charge on any atom is -0.383 e. The third-order valence-corrected chi connectivity index (χ3v) is 3.96. The topological polar surface area (TPSA) is 44.8 Å². The van der Waals surface area contributed by atoms with E-state index in [0.717, 1.165) is 13.1 Å². The second-order valence-corrected chi connectivity index (χ2v) is 5.22. The van der Waals surface area contributed by atoms with Crippen molar-refractivity contribution < 1.29 is 9.53 Å². The van der Waals surface area contributed by atoms with Crippen LogP contribution < -0.4 is 5.32 Å². The van der Waals surface area contributed by atoms with Crippen LogP contribution in [0.25, 0.3) is 0 Å². The highest BCUT2D eigenvalue weighted by Gasteiger charge is 2.27. The molecular weight excluding hydrogens is 230 g/mol. The first-order valence-corrected chi connectivity index (χ1v) is 6.74. The second-order valence-electron chi connectivity index (χ2n) is 5.22. The number of likely N-dealkylation sites (tertiary alicyclic amines) is 1. The van der Waals surface area contributed by atoms with E-state index in [1.807, 2.05) is 11.9 Å². The summed E-state index contributed by atoms with van der Waals surface area (Å²) in [6.07, 6.45) is 2.35. The Labute approximate surface area is 110 Å². The van der Waals surface area contributed by atoms with Crippen LogP contribution in [-0.4, -0.2) is 69.3 Å². The number of hydrogen-bond donors (Lipinski definition) is 1. The average molecular weight is 257 g/mol. The van der Waals surface area contributed by atoms with Crippen molar-refractivity contribution in [3.05, 3.63) is 0 Å². The van der Waals surface area contributed by atoms with Gasteiger partial charge in [-0.1, -0.05) is 0 Å². The van der Waals surface area contributed by atoms with Gasteiger partial charge in [0.25, 0.3) is 0 Å². The standard InChI is InChI=1S/C13H27N3O2/c1-11(12-5-8-15(2)9-6-12)16(3)13(17)14-7-10-18-4/h11-12H,5-10H2,1-4H3,(H,14,17). The molecule has 1 heterocycles. The summed E-state index contributed by atoms with van der Waals surface area (Å²) in [6.45, 7) is 5.54. The summed E-state index contributed by atoms with van der Waals surface area (Å²) in [5, 5.41) is 2.86. The Hall–Kier alpha value is -0.810. The van der Waals surface area contributed by atoms with E-state index in [2.05, 4.69) is 24.2 Å². The van der Waals surface area contributed by atoms with Gasteiger partial charge in [-0.15, -0.1) is 0 Å². The first kappa shape index (κ1) is 15.2.